The molecule has 0 aliphatic carbocycles. The summed E-state index contributed by atoms with van der Waals surface area (Å²) in [5, 5.41) is 3.36. The molecule has 10 heteroatoms. The molecule has 0 unspecified atom stereocenters. The van der Waals surface area contributed by atoms with Crippen molar-refractivity contribution in [1.29, 1.82) is 0 Å². The molecule has 202 valence electrons. The molecule has 0 saturated carbocycles. The van der Waals surface area contributed by atoms with Crippen LogP contribution in [-0.4, -0.2) is 55.4 Å². The molecule has 3 aromatic rings. The lowest BCUT2D eigenvalue weighted by Crippen LogP contribution is -2.50. The molecule has 0 spiro atoms. The minimum absolute atomic E-state index is 0.0366. The molecule has 0 aliphatic heterocycles. The summed E-state index contributed by atoms with van der Waals surface area (Å²) in [4.78, 5) is 28.1. The molecule has 38 heavy (non-hydrogen) atoms. The monoisotopic (exact) mass is 557 g/mol. The fraction of sp³-hybridized carbons (Fsp3) is 0.286. The summed E-state index contributed by atoms with van der Waals surface area (Å²) in [7, 11) is -2.16. The molecule has 0 aliphatic rings. The van der Waals surface area contributed by atoms with Crippen molar-refractivity contribution in [2.45, 2.75) is 32.6 Å². The second-order valence-corrected chi connectivity index (χ2v) is 11.3. The zero-order valence-corrected chi connectivity index (χ0v) is 23.2. The number of hydrogen-bond acceptors (Lipinski definition) is 5. The first-order valence-corrected chi connectivity index (χ1v) is 14.2. The maximum atomic E-state index is 13.6. The van der Waals surface area contributed by atoms with E-state index >= 15 is 0 Å². The molecule has 0 saturated heterocycles. The number of rotatable bonds is 12. The summed E-state index contributed by atoms with van der Waals surface area (Å²) in [6.45, 7) is 1.54. The number of carbonyl (C=O) groups is 2. The Hall–Kier alpha value is -3.40. The van der Waals surface area contributed by atoms with Crippen molar-refractivity contribution >= 4 is 33.4 Å². The highest BCUT2D eigenvalue weighted by atomic mass is 35.5. The van der Waals surface area contributed by atoms with Gasteiger partial charge in [-0.1, -0.05) is 72.3 Å². The Kier molecular flexibility index (Phi) is 10.3. The molecule has 3 rings (SSSR count). The van der Waals surface area contributed by atoms with Crippen molar-refractivity contribution in [2.24, 2.45) is 0 Å². The number of carbonyl (C=O) groups excluding carboxylic acids is 2. The summed E-state index contributed by atoms with van der Waals surface area (Å²) in [6, 6.07) is 22.4. The van der Waals surface area contributed by atoms with Crippen molar-refractivity contribution in [1.82, 2.24) is 14.5 Å². The van der Waals surface area contributed by atoms with Gasteiger partial charge in [0.25, 0.3) is 0 Å². The third-order valence-electron chi connectivity index (χ3n) is 6.07. The smallest absolute Gasteiger partial charge is 0.242 e. The van der Waals surface area contributed by atoms with Crippen LogP contribution >= 0.6 is 11.6 Å². The third kappa shape index (κ3) is 8.31. The number of ether oxygens (including phenoxy) is 1. The van der Waals surface area contributed by atoms with E-state index in [9.17, 15) is 18.0 Å². The van der Waals surface area contributed by atoms with Crippen LogP contribution in [0, 0.1) is 0 Å². The van der Waals surface area contributed by atoms with Gasteiger partial charge in [0, 0.05) is 24.7 Å². The number of halogens is 1. The van der Waals surface area contributed by atoms with Crippen molar-refractivity contribution in [3.05, 3.63) is 101 Å². The highest BCUT2D eigenvalue weighted by Crippen LogP contribution is 2.18. The van der Waals surface area contributed by atoms with Gasteiger partial charge in [-0.15, -0.1) is 0 Å². The van der Waals surface area contributed by atoms with E-state index in [1.54, 1.807) is 80.8 Å². The number of nitrogens with one attached hydrogen (secondary N) is 1. The molecule has 0 bridgehead atoms. The number of nitrogens with zero attached hydrogens (tertiary/aromatic N) is 2. The molecule has 1 atom stereocenters. The van der Waals surface area contributed by atoms with Crippen LogP contribution in [0.1, 0.15) is 23.6 Å². The van der Waals surface area contributed by atoms with E-state index in [2.05, 4.69) is 5.32 Å². The number of sulfonamides is 1. The highest BCUT2D eigenvalue weighted by Gasteiger charge is 2.30. The zero-order chi connectivity index (χ0) is 27.7. The Morgan fingerprint density at radius 1 is 0.921 bits per heavy atom. The molecule has 3 aromatic carbocycles. The second-order valence-electron chi connectivity index (χ2n) is 8.87. The van der Waals surface area contributed by atoms with Crippen molar-refractivity contribution in [2.75, 3.05) is 19.9 Å². The molecule has 1 N–H and O–H groups in total. The zero-order valence-electron chi connectivity index (χ0n) is 21.6. The summed E-state index contributed by atoms with van der Waals surface area (Å²) in [5.74, 6) is -0.230. The molecular formula is C28H32ClN3O5S. The molecule has 8 nitrogen and oxygen atoms in total. The van der Waals surface area contributed by atoms with Crippen LogP contribution in [-0.2, 0) is 39.2 Å². The lowest BCUT2D eigenvalue weighted by molar-refractivity contribution is -0.140. The van der Waals surface area contributed by atoms with Gasteiger partial charge in [0.05, 0.1) is 19.9 Å². The van der Waals surface area contributed by atoms with Crippen LogP contribution < -0.4 is 10.1 Å². The highest BCUT2D eigenvalue weighted by molar-refractivity contribution is 7.88. The van der Waals surface area contributed by atoms with Gasteiger partial charge in [-0.2, -0.15) is 4.31 Å². The first-order chi connectivity index (χ1) is 18.1. The first kappa shape index (κ1) is 29.2. The maximum absolute atomic E-state index is 13.6. The Labute approximate surface area is 229 Å². The Morgan fingerprint density at radius 3 is 2.13 bits per heavy atom. The van der Waals surface area contributed by atoms with Gasteiger partial charge in [0.15, 0.2) is 0 Å². The van der Waals surface area contributed by atoms with Gasteiger partial charge in [-0.25, -0.2) is 8.42 Å². The van der Waals surface area contributed by atoms with Crippen molar-refractivity contribution in [3.8, 4) is 5.75 Å². The third-order valence-corrected chi connectivity index (χ3v) is 7.64. The van der Waals surface area contributed by atoms with E-state index in [-0.39, 0.29) is 25.5 Å². The maximum Gasteiger partial charge on any atom is 0.242 e. The number of benzene rings is 3. The van der Waals surface area contributed by atoms with E-state index in [4.69, 9.17) is 16.3 Å². The van der Waals surface area contributed by atoms with Crippen LogP contribution in [0.15, 0.2) is 78.9 Å². The lowest BCUT2D eigenvalue weighted by Gasteiger charge is -2.31. The van der Waals surface area contributed by atoms with Gasteiger partial charge in [-0.05, 0) is 41.8 Å². The topological polar surface area (TPSA) is 96.0 Å². The van der Waals surface area contributed by atoms with E-state index in [0.29, 0.717) is 10.8 Å². The minimum atomic E-state index is -3.72. The fourth-order valence-corrected chi connectivity index (χ4v) is 4.73. The summed E-state index contributed by atoms with van der Waals surface area (Å²) in [5.41, 5.74) is 2.26. The number of methoxy groups -OCH3 is 1. The quantitative estimate of drug-likeness (QED) is 0.365. The Balaban J connectivity index is 1.82. The average molecular weight is 558 g/mol. The predicted octanol–water partition coefficient (Wildman–Crippen LogP) is 3.84. The van der Waals surface area contributed by atoms with E-state index in [1.165, 1.54) is 4.90 Å². The van der Waals surface area contributed by atoms with Gasteiger partial charge in [0.2, 0.25) is 21.8 Å². The van der Waals surface area contributed by atoms with Crippen molar-refractivity contribution in [3.63, 3.8) is 0 Å². The van der Waals surface area contributed by atoms with Gasteiger partial charge < -0.3 is 15.0 Å². The molecule has 2 amide bonds. The summed E-state index contributed by atoms with van der Waals surface area (Å²) < 4.78 is 31.5. The minimum Gasteiger partial charge on any atom is -0.497 e. The van der Waals surface area contributed by atoms with Gasteiger partial charge >= 0.3 is 0 Å². The van der Waals surface area contributed by atoms with E-state index in [0.717, 1.165) is 27.3 Å². The van der Waals surface area contributed by atoms with Crippen molar-refractivity contribution < 1.29 is 22.7 Å². The van der Waals surface area contributed by atoms with Gasteiger partial charge in [0.1, 0.15) is 11.8 Å². The van der Waals surface area contributed by atoms with Crippen LogP contribution in [0.3, 0.4) is 0 Å². The number of hydrogen-bond donors (Lipinski definition) is 1. The second kappa shape index (κ2) is 13.4. The fourth-order valence-electron chi connectivity index (χ4n) is 3.80. The van der Waals surface area contributed by atoms with Gasteiger partial charge in [-0.3, -0.25) is 9.59 Å². The standard InChI is InChI=1S/C28H32ClN3O5S/c1-21(28(34)30-17-24-11-7-8-12-26(24)29)32(19-23-13-15-25(37-2)16-14-23)27(33)20-31(38(3,35)36)18-22-9-5-4-6-10-22/h4-16,21H,17-20H2,1-3H3,(H,30,34)/t21-/m0/s1. The average Bonchev–Trinajstić information content (AvgIpc) is 2.90. The van der Waals surface area contributed by atoms with Crippen LogP contribution in [0.5, 0.6) is 5.75 Å². The molecule has 0 radical (unpaired) electrons. The Morgan fingerprint density at radius 2 is 1.53 bits per heavy atom. The van der Waals surface area contributed by atoms with E-state index < -0.39 is 28.5 Å². The largest absolute Gasteiger partial charge is 0.497 e. The summed E-state index contributed by atoms with van der Waals surface area (Å²) >= 11 is 6.21. The molecular weight excluding hydrogens is 526 g/mol. The lowest BCUT2D eigenvalue weighted by atomic mass is 10.1. The van der Waals surface area contributed by atoms with Crippen LogP contribution in [0.2, 0.25) is 5.02 Å². The van der Waals surface area contributed by atoms with E-state index in [1.807, 2.05) is 12.1 Å². The molecule has 0 heterocycles. The van der Waals surface area contributed by atoms with Crippen LogP contribution in [0.25, 0.3) is 0 Å². The summed E-state index contributed by atoms with van der Waals surface area (Å²) in [6.07, 6.45) is 1.07. The Bertz CT molecular complexity index is 1330. The predicted molar refractivity (Wildman–Crippen MR) is 148 cm³/mol. The first-order valence-electron chi connectivity index (χ1n) is 12.0. The normalized spacial score (nSPS) is 12.1. The molecule has 0 aromatic heterocycles. The SMILES string of the molecule is COc1ccc(CN(C(=O)CN(Cc2ccccc2)S(C)(=O)=O)[C@@H](C)C(=O)NCc2ccccc2Cl)cc1. The number of amides is 2. The van der Waals surface area contributed by atoms with Crippen LogP contribution in [0.4, 0.5) is 0 Å². The molecule has 0 fully saturated rings.